The van der Waals surface area contributed by atoms with Crippen molar-refractivity contribution in [3.05, 3.63) is 46.1 Å². The number of rotatable bonds is 3. The van der Waals surface area contributed by atoms with Crippen LogP contribution in [0.5, 0.6) is 0 Å². The Morgan fingerprint density at radius 1 is 1.45 bits per heavy atom. The van der Waals surface area contributed by atoms with Crippen molar-refractivity contribution >= 4 is 39.3 Å². The van der Waals surface area contributed by atoms with Crippen molar-refractivity contribution in [1.29, 1.82) is 0 Å². The van der Waals surface area contributed by atoms with Crippen LogP contribution in [0.25, 0.3) is 0 Å². The highest BCUT2D eigenvalue weighted by molar-refractivity contribution is 9.10. The van der Waals surface area contributed by atoms with E-state index in [1.165, 1.54) is 18.9 Å². The zero-order valence-electron chi connectivity index (χ0n) is 11.0. The second-order valence-electron chi connectivity index (χ2n) is 4.09. The van der Waals surface area contributed by atoms with Gasteiger partial charge in [-0.2, -0.15) is 0 Å². The fourth-order valence-electron chi connectivity index (χ4n) is 1.66. The number of esters is 1. The number of nitrogens with zero attached hydrogens (tertiary/aromatic N) is 1. The fourth-order valence-corrected chi connectivity index (χ4v) is 3.07. The molecule has 2 N–H and O–H groups in total. The maximum absolute atomic E-state index is 11.7. The number of halogens is 1. The van der Waals surface area contributed by atoms with Gasteiger partial charge in [0.25, 0.3) is 0 Å². The molecule has 20 heavy (non-hydrogen) atoms. The first kappa shape index (κ1) is 14.9. The van der Waals surface area contributed by atoms with Crippen molar-refractivity contribution in [1.82, 2.24) is 4.98 Å². The van der Waals surface area contributed by atoms with E-state index >= 15 is 0 Å². The minimum absolute atomic E-state index is 0.377. The summed E-state index contributed by atoms with van der Waals surface area (Å²) in [5.41, 5.74) is 7.57. The molecule has 0 aliphatic heterocycles. The maximum Gasteiger partial charge on any atom is 0.340 e. The highest BCUT2D eigenvalue weighted by Crippen LogP contribution is 2.34. The summed E-state index contributed by atoms with van der Waals surface area (Å²) in [5, 5.41) is 0.826. The Morgan fingerprint density at radius 3 is 2.85 bits per heavy atom. The van der Waals surface area contributed by atoms with Crippen molar-refractivity contribution in [2.45, 2.75) is 16.8 Å². The molecule has 1 aromatic carbocycles. The number of hydrogen-bond donors (Lipinski definition) is 1. The van der Waals surface area contributed by atoms with Crippen LogP contribution in [0, 0.1) is 6.92 Å². The molecular formula is C14H13BrN2O2S. The van der Waals surface area contributed by atoms with E-state index in [4.69, 9.17) is 10.5 Å². The summed E-state index contributed by atoms with van der Waals surface area (Å²) in [7, 11) is 1.34. The molecule has 0 amide bonds. The van der Waals surface area contributed by atoms with Crippen molar-refractivity contribution in [2.75, 3.05) is 12.8 Å². The summed E-state index contributed by atoms with van der Waals surface area (Å²) in [6.45, 7) is 1.86. The Labute approximate surface area is 129 Å². The number of methoxy groups -OCH3 is 1. The van der Waals surface area contributed by atoms with E-state index in [1.54, 1.807) is 12.3 Å². The number of anilines is 1. The molecule has 1 heterocycles. The number of pyridine rings is 1. The van der Waals surface area contributed by atoms with Crippen LogP contribution < -0.4 is 5.73 Å². The fraction of sp³-hybridized carbons (Fsp3) is 0.143. The molecule has 0 spiro atoms. The van der Waals surface area contributed by atoms with Crippen molar-refractivity contribution < 1.29 is 9.53 Å². The molecule has 0 saturated carbocycles. The Morgan fingerprint density at radius 2 is 2.20 bits per heavy atom. The van der Waals surface area contributed by atoms with Crippen LogP contribution in [0.4, 0.5) is 5.69 Å². The third-order valence-corrected chi connectivity index (χ3v) is 4.60. The SMILES string of the molecule is COC(=O)c1cc(Sc2ncccc2Br)cc(C)c1N. The molecule has 4 nitrogen and oxygen atoms in total. The van der Waals surface area contributed by atoms with Gasteiger partial charge in [0.15, 0.2) is 0 Å². The van der Waals surface area contributed by atoms with Crippen LogP contribution in [-0.4, -0.2) is 18.1 Å². The number of nitrogen functional groups attached to an aromatic ring is 1. The highest BCUT2D eigenvalue weighted by atomic mass is 79.9. The molecule has 0 bridgehead atoms. The molecule has 0 radical (unpaired) electrons. The van der Waals surface area contributed by atoms with Gasteiger partial charge in [0.05, 0.1) is 17.1 Å². The lowest BCUT2D eigenvalue weighted by Gasteiger charge is -2.10. The lowest BCUT2D eigenvalue weighted by atomic mass is 10.1. The quantitative estimate of drug-likeness (QED) is 0.674. The summed E-state index contributed by atoms with van der Waals surface area (Å²) in [6.07, 6.45) is 1.72. The maximum atomic E-state index is 11.7. The van der Waals surface area contributed by atoms with Crippen LogP contribution in [-0.2, 0) is 4.74 Å². The lowest BCUT2D eigenvalue weighted by molar-refractivity contribution is 0.0601. The predicted molar refractivity (Wildman–Crippen MR) is 83.0 cm³/mol. The number of ether oxygens (including phenoxy) is 1. The van der Waals surface area contributed by atoms with Crippen molar-refractivity contribution in [3.8, 4) is 0 Å². The van der Waals surface area contributed by atoms with E-state index in [0.29, 0.717) is 11.3 Å². The Kier molecular flexibility index (Phi) is 4.67. The third kappa shape index (κ3) is 3.13. The first-order valence-corrected chi connectivity index (χ1v) is 7.40. The molecule has 6 heteroatoms. The van der Waals surface area contributed by atoms with Gasteiger partial charge in [0, 0.05) is 16.8 Å². The summed E-state index contributed by atoms with van der Waals surface area (Å²) in [5.74, 6) is -0.437. The van der Waals surface area contributed by atoms with Gasteiger partial charge in [-0.25, -0.2) is 9.78 Å². The number of carbonyl (C=O) groups excluding carboxylic acids is 1. The number of nitrogens with two attached hydrogens (primary N) is 1. The second kappa shape index (κ2) is 6.28. The molecule has 0 fully saturated rings. The van der Waals surface area contributed by atoms with Gasteiger partial charge in [-0.05, 0) is 52.7 Å². The van der Waals surface area contributed by atoms with Crippen molar-refractivity contribution in [3.63, 3.8) is 0 Å². The van der Waals surface area contributed by atoms with E-state index < -0.39 is 5.97 Å². The zero-order chi connectivity index (χ0) is 14.7. The van der Waals surface area contributed by atoms with Crippen molar-refractivity contribution in [2.24, 2.45) is 0 Å². The second-order valence-corrected chi connectivity index (χ2v) is 6.00. The Balaban J connectivity index is 2.41. The minimum atomic E-state index is -0.437. The van der Waals surface area contributed by atoms with Crippen LogP contribution in [0.3, 0.4) is 0 Å². The molecule has 0 atom stereocenters. The van der Waals surface area contributed by atoms with E-state index in [2.05, 4.69) is 20.9 Å². The number of aryl methyl sites for hydroxylation is 1. The van der Waals surface area contributed by atoms with E-state index in [0.717, 1.165) is 20.0 Å². The minimum Gasteiger partial charge on any atom is -0.465 e. The standard InChI is InChI=1S/C14H13BrN2O2S/c1-8-6-9(7-10(12(8)16)14(18)19-2)20-13-11(15)4-3-5-17-13/h3-7H,16H2,1-2H3. The highest BCUT2D eigenvalue weighted by Gasteiger charge is 2.14. The normalized spacial score (nSPS) is 10.3. The topological polar surface area (TPSA) is 65.2 Å². The van der Waals surface area contributed by atoms with Gasteiger partial charge >= 0.3 is 5.97 Å². The average Bonchev–Trinajstić information content (AvgIpc) is 2.44. The summed E-state index contributed by atoms with van der Waals surface area (Å²) >= 11 is 4.91. The summed E-state index contributed by atoms with van der Waals surface area (Å²) in [4.78, 5) is 16.9. The number of hydrogen-bond acceptors (Lipinski definition) is 5. The molecule has 2 aromatic rings. The first-order valence-electron chi connectivity index (χ1n) is 5.79. The van der Waals surface area contributed by atoms with Crippen LogP contribution in [0.1, 0.15) is 15.9 Å². The number of carbonyl (C=O) groups is 1. The zero-order valence-corrected chi connectivity index (χ0v) is 13.4. The van der Waals surface area contributed by atoms with Gasteiger partial charge in [-0.3, -0.25) is 0 Å². The van der Waals surface area contributed by atoms with Gasteiger partial charge in [0.1, 0.15) is 5.03 Å². The number of aromatic nitrogens is 1. The molecule has 0 aliphatic carbocycles. The van der Waals surface area contributed by atoms with Crippen LogP contribution >= 0.6 is 27.7 Å². The molecule has 2 rings (SSSR count). The monoisotopic (exact) mass is 352 g/mol. The average molecular weight is 353 g/mol. The first-order chi connectivity index (χ1) is 9.52. The summed E-state index contributed by atoms with van der Waals surface area (Å²) < 4.78 is 5.65. The van der Waals surface area contributed by atoms with Gasteiger partial charge in [-0.15, -0.1) is 0 Å². The summed E-state index contributed by atoms with van der Waals surface area (Å²) in [6, 6.07) is 7.41. The smallest absolute Gasteiger partial charge is 0.340 e. The molecule has 1 aromatic heterocycles. The number of benzene rings is 1. The van der Waals surface area contributed by atoms with Crippen LogP contribution in [0.15, 0.2) is 44.9 Å². The largest absolute Gasteiger partial charge is 0.465 e. The molecule has 0 aliphatic rings. The predicted octanol–water partition coefficient (Wildman–Crippen LogP) is 3.67. The Bertz CT molecular complexity index is 662. The van der Waals surface area contributed by atoms with Gasteiger partial charge in [0.2, 0.25) is 0 Å². The molecule has 0 unspecified atom stereocenters. The van der Waals surface area contributed by atoms with E-state index in [1.807, 2.05) is 25.1 Å². The lowest BCUT2D eigenvalue weighted by Crippen LogP contribution is -2.07. The Hall–Kier alpha value is -1.53. The van der Waals surface area contributed by atoms with E-state index in [9.17, 15) is 4.79 Å². The molecule has 104 valence electrons. The van der Waals surface area contributed by atoms with Gasteiger partial charge < -0.3 is 10.5 Å². The van der Waals surface area contributed by atoms with Crippen LogP contribution in [0.2, 0.25) is 0 Å². The third-order valence-electron chi connectivity index (χ3n) is 2.70. The molecule has 0 saturated heterocycles. The van der Waals surface area contributed by atoms with Gasteiger partial charge in [-0.1, -0.05) is 11.8 Å². The van der Waals surface area contributed by atoms with E-state index in [-0.39, 0.29) is 0 Å². The molecular weight excluding hydrogens is 340 g/mol.